The summed E-state index contributed by atoms with van der Waals surface area (Å²) in [5.74, 6) is -1.13. The maximum Gasteiger partial charge on any atom is 0.336 e. The highest BCUT2D eigenvalue weighted by Crippen LogP contribution is 2.24. The van der Waals surface area contributed by atoms with E-state index in [-0.39, 0.29) is 15.5 Å². The molecule has 0 aliphatic carbocycles. The lowest BCUT2D eigenvalue weighted by Gasteiger charge is -2.13. The third-order valence-corrected chi connectivity index (χ3v) is 5.77. The van der Waals surface area contributed by atoms with Gasteiger partial charge in [0, 0.05) is 11.4 Å². The zero-order valence-electron chi connectivity index (χ0n) is 11.0. The van der Waals surface area contributed by atoms with Gasteiger partial charge in [-0.3, -0.25) is 0 Å². The summed E-state index contributed by atoms with van der Waals surface area (Å²) < 4.78 is 26.7. The SMILES string of the molecule is CC(NS(=O)(=O)c1cc(C(=O)O)cs1)c1cccc(O)c1. The van der Waals surface area contributed by atoms with E-state index in [0.717, 1.165) is 17.4 Å². The molecule has 2 aromatic rings. The molecule has 0 bridgehead atoms. The lowest BCUT2D eigenvalue weighted by molar-refractivity contribution is 0.0697. The monoisotopic (exact) mass is 327 g/mol. The van der Waals surface area contributed by atoms with Gasteiger partial charge in [0.15, 0.2) is 0 Å². The standard InChI is InChI=1S/C13H13NO5S2/c1-8(9-3-2-4-11(15)5-9)14-21(18,19)12-6-10(7-20-12)13(16)17/h2-8,14-15H,1H3,(H,16,17). The van der Waals surface area contributed by atoms with Crippen LogP contribution in [0.3, 0.4) is 0 Å². The third-order valence-electron chi connectivity index (χ3n) is 2.79. The van der Waals surface area contributed by atoms with E-state index in [4.69, 9.17) is 5.11 Å². The Morgan fingerprint density at radius 2 is 2.05 bits per heavy atom. The Labute approximate surface area is 125 Å². The van der Waals surface area contributed by atoms with Gasteiger partial charge in [-0.15, -0.1) is 11.3 Å². The Balaban J connectivity index is 2.22. The Morgan fingerprint density at radius 1 is 1.33 bits per heavy atom. The number of aromatic hydroxyl groups is 1. The van der Waals surface area contributed by atoms with Crippen molar-refractivity contribution in [2.45, 2.75) is 17.2 Å². The van der Waals surface area contributed by atoms with Crippen molar-refractivity contribution in [3.8, 4) is 5.75 Å². The quantitative estimate of drug-likeness (QED) is 0.781. The van der Waals surface area contributed by atoms with Crippen LogP contribution >= 0.6 is 11.3 Å². The first-order valence-electron chi connectivity index (χ1n) is 5.92. The first-order chi connectivity index (χ1) is 9.79. The highest BCUT2D eigenvalue weighted by Gasteiger charge is 2.21. The number of aromatic carboxylic acids is 1. The molecule has 0 saturated carbocycles. The number of benzene rings is 1. The Kier molecular flexibility index (Phi) is 4.31. The maximum atomic E-state index is 12.2. The highest BCUT2D eigenvalue weighted by atomic mass is 32.2. The number of hydrogen-bond acceptors (Lipinski definition) is 5. The first-order valence-corrected chi connectivity index (χ1v) is 8.29. The smallest absolute Gasteiger partial charge is 0.336 e. The number of sulfonamides is 1. The lowest BCUT2D eigenvalue weighted by Crippen LogP contribution is -2.26. The molecular weight excluding hydrogens is 314 g/mol. The second-order valence-corrected chi connectivity index (χ2v) is 7.25. The number of carboxylic acid groups (broad SMARTS) is 1. The molecule has 0 aliphatic rings. The predicted molar refractivity (Wildman–Crippen MR) is 78.1 cm³/mol. The van der Waals surface area contributed by atoms with Crippen LogP contribution < -0.4 is 4.72 Å². The van der Waals surface area contributed by atoms with Crippen LogP contribution in [0, 0.1) is 0 Å². The predicted octanol–water partition coefficient (Wildman–Crippen LogP) is 2.19. The van der Waals surface area contributed by atoms with Gasteiger partial charge in [0.25, 0.3) is 10.0 Å². The molecule has 0 saturated heterocycles. The molecular formula is C13H13NO5S2. The van der Waals surface area contributed by atoms with Gasteiger partial charge >= 0.3 is 5.97 Å². The average molecular weight is 327 g/mol. The van der Waals surface area contributed by atoms with Crippen molar-refractivity contribution in [1.82, 2.24) is 4.72 Å². The van der Waals surface area contributed by atoms with Gasteiger partial charge in [0.05, 0.1) is 5.56 Å². The number of phenolic OH excluding ortho intramolecular Hbond substituents is 1. The number of nitrogens with one attached hydrogen (secondary N) is 1. The Bertz CT molecular complexity index is 766. The van der Waals surface area contributed by atoms with Gasteiger partial charge in [-0.1, -0.05) is 12.1 Å². The van der Waals surface area contributed by atoms with E-state index in [0.29, 0.717) is 5.56 Å². The molecule has 1 unspecified atom stereocenters. The molecule has 3 N–H and O–H groups in total. The molecule has 1 atom stereocenters. The van der Waals surface area contributed by atoms with Crippen molar-refractivity contribution in [1.29, 1.82) is 0 Å². The first kappa shape index (κ1) is 15.5. The van der Waals surface area contributed by atoms with Crippen LogP contribution in [-0.4, -0.2) is 24.6 Å². The molecule has 2 rings (SSSR count). The largest absolute Gasteiger partial charge is 0.508 e. The van der Waals surface area contributed by atoms with E-state index in [1.807, 2.05) is 0 Å². The topological polar surface area (TPSA) is 104 Å². The summed E-state index contributed by atoms with van der Waals surface area (Å²) in [6.45, 7) is 1.64. The van der Waals surface area contributed by atoms with Gasteiger partial charge in [-0.25, -0.2) is 17.9 Å². The van der Waals surface area contributed by atoms with E-state index in [1.165, 1.54) is 17.5 Å². The van der Waals surface area contributed by atoms with Crippen molar-refractivity contribution in [2.24, 2.45) is 0 Å². The van der Waals surface area contributed by atoms with E-state index in [2.05, 4.69) is 4.72 Å². The zero-order valence-corrected chi connectivity index (χ0v) is 12.6. The number of thiophene rings is 1. The fraction of sp³-hybridized carbons (Fsp3) is 0.154. The number of rotatable bonds is 5. The third kappa shape index (κ3) is 3.60. The molecule has 1 aromatic heterocycles. The fourth-order valence-electron chi connectivity index (χ4n) is 1.72. The van der Waals surface area contributed by atoms with Crippen molar-refractivity contribution in [2.75, 3.05) is 0 Å². The van der Waals surface area contributed by atoms with Gasteiger partial charge in [0.1, 0.15) is 9.96 Å². The second kappa shape index (κ2) is 5.84. The Morgan fingerprint density at radius 3 is 2.62 bits per heavy atom. The maximum absolute atomic E-state index is 12.2. The summed E-state index contributed by atoms with van der Waals surface area (Å²) in [5, 5.41) is 19.5. The van der Waals surface area contributed by atoms with Crippen molar-refractivity contribution in [3.63, 3.8) is 0 Å². The lowest BCUT2D eigenvalue weighted by atomic mass is 10.1. The Hall–Kier alpha value is -1.90. The summed E-state index contributed by atoms with van der Waals surface area (Å²) in [4.78, 5) is 10.8. The summed E-state index contributed by atoms with van der Waals surface area (Å²) in [6.07, 6.45) is 0. The molecule has 6 nitrogen and oxygen atoms in total. The number of phenols is 1. The molecule has 0 radical (unpaired) electrons. The van der Waals surface area contributed by atoms with E-state index < -0.39 is 22.0 Å². The summed E-state index contributed by atoms with van der Waals surface area (Å²) in [5.41, 5.74) is 0.541. The van der Waals surface area contributed by atoms with E-state index >= 15 is 0 Å². The number of carbonyl (C=O) groups is 1. The van der Waals surface area contributed by atoms with Crippen LogP contribution in [0.4, 0.5) is 0 Å². The molecule has 1 heterocycles. The minimum atomic E-state index is -3.81. The minimum absolute atomic E-state index is 0.0443. The summed E-state index contributed by atoms with van der Waals surface area (Å²) >= 11 is 0.844. The van der Waals surface area contributed by atoms with Gasteiger partial charge in [-0.2, -0.15) is 0 Å². The summed E-state index contributed by atoms with van der Waals surface area (Å²) in [6, 6.07) is 6.81. The highest BCUT2D eigenvalue weighted by molar-refractivity contribution is 7.91. The van der Waals surface area contributed by atoms with Crippen LogP contribution in [-0.2, 0) is 10.0 Å². The molecule has 1 aromatic carbocycles. The van der Waals surface area contributed by atoms with Crippen LogP contribution in [0.1, 0.15) is 28.9 Å². The molecule has 112 valence electrons. The van der Waals surface area contributed by atoms with Crippen molar-refractivity contribution in [3.05, 3.63) is 46.8 Å². The average Bonchev–Trinajstić information content (AvgIpc) is 2.88. The molecule has 0 amide bonds. The van der Waals surface area contributed by atoms with E-state index in [1.54, 1.807) is 19.1 Å². The van der Waals surface area contributed by atoms with Crippen LogP contribution in [0.25, 0.3) is 0 Å². The van der Waals surface area contributed by atoms with Crippen LogP contribution in [0.2, 0.25) is 0 Å². The second-order valence-electron chi connectivity index (χ2n) is 4.40. The minimum Gasteiger partial charge on any atom is -0.508 e. The van der Waals surface area contributed by atoms with Gasteiger partial charge in [0.2, 0.25) is 0 Å². The van der Waals surface area contributed by atoms with Gasteiger partial charge in [-0.05, 0) is 30.7 Å². The van der Waals surface area contributed by atoms with Crippen LogP contribution in [0.5, 0.6) is 5.75 Å². The fourth-order valence-corrected chi connectivity index (χ4v) is 4.12. The van der Waals surface area contributed by atoms with Crippen molar-refractivity contribution >= 4 is 27.3 Å². The normalized spacial score (nSPS) is 13.0. The number of hydrogen-bond donors (Lipinski definition) is 3. The molecule has 8 heteroatoms. The zero-order chi connectivity index (χ0) is 15.6. The van der Waals surface area contributed by atoms with Gasteiger partial charge < -0.3 is 10.2 Å². The molecule has 21 heavy (non-hydrogen) atoms. The van der Waals surface area contributed by atoms with E-state index in [9.17, 15) is 18.3 Å². The molecule has 0 spiro atoms. The molecule has 0 aliphatic heterocycles. The number of carboxylic acids is 1. The summed E-state index contributed by atoms with van der Waals surface area (Å²) in [7, 11) is -3.81. The van der Waals surface area contributed by atoms with Crippen molar-refractivity contribution < 1.29 is 23.4 Å². The molecule has 0 fully saturated rings. The van der Waals surface area contributed by atoms with Crippen LogP contribution in [0.15, 0.2) is 39.9 Å².